The summed E-state index contributed by atoms with van der Waals surface area (Å²) in [7, 11) is 0. The summed E-state index contributed by atoms with van der Waals surface area (Å²) in [5, 5.41) is 0.820. The van der Waals surface area contributed by atoms with Gasteiger partial charge in [0.2, 0.25) is 0 Å². The Morgan fingerprint density at radius 1 is 0.870 bits per heavy atom. The summed E-state index contributed by atoms with van der Waals surface area (Å²) < 4.78 is 0. The van der Waals surface area contributed by atoms with Crippen LogP contribution in [0.2, 0.25) is 5.02 Å². The Kier molecular flexibility index (Phi) is 10.5. The first-order valence-electron chi connectivity index (χ1n) is 8.69. The van der Waals surface area contributed by atoms with Gasteiger partial charge in [0.1, 0.15) is 0 Å². The Bertz CT molecular complexity index is 447. The largest absolute Gasteiger partial charge is 0.359 e. The van der Waals surface area contributed by atoms with Crippen LogP contribution in [-0.2, 0) is 6.42 Å². The maximum Gasteiger partial charge on any atom is 0.0893 e. The Hall–Kier alpha value is -0.670. The fourth-order valence-corrected chi connectivity index (χ4v) is 2.99. The Morgan fingerprint density at radius 2 is 1.48 bits per heavy atom. The van der Waals surface area contributed by atoms with Gasteiger partial charge in [-0.2, -0.15) is 0 Å². The normalized spacial score (nSPS) is 13.5. The lowest BCUT2D eigenvalue weighted by Gasteiger charge is -2.21. The predicted octanol–water partition coefficient (Wildman–Crippen LogP) is 5.87. The molecule has 0 aliphatic carbocycles. The van der Waals surface area contributed by atoms with Crippen molar-refractivity contribution in [2.45, 2.75) is 51.9 Å². The number of benzene rings is 1. The minimum Gasteiger partial charge on any atom is -0.359 e. The molecule has 0 saturated heterocycles. The lowest BCUT2D eigenvalue weighted by Crippen LogP contribution is -2.27. The molecule has 0 unspecified atom stereocenters. The van der Waals surface area contributed by atoms with Crippen molar-refractivity contribution in [3.63, 3.8) is 0 Å². The Balaban J connectivity index is 0.00000264. The van der Waals surface area contributed by atoms with E-state index in [4.69, 9.17) is 11.6 Å². The van der Waals surface area contributed by atoms with Gasteiger partial charge in [0.15, 0.2) is 0 Å². The van der Waals surface area contributed by atoms with Gasteiger partial charge in [0.25, 0.3) is 0 Å². The second-order valence-electron chi connectivity index (χ2n) is 6.21. The molecule has 1 heterocycles. The molecule has 1 aromatic rings. The van der Waals surface area contributed by atoms with Gasteiger partial charge in [-0.15, -0.1) is 17.0 Å². The van der Waals surface area contributed by atoms with Gasteiger partial charge in [-0.3, -0.25) is 0 Å². The van der Waals surface area contributed by atoms with E-state index in [1.807, 2.05) is 12.1 Å². The Morgan fingerprint density at radius 3 is 2.13 bits per heavy atom. The first-order valence-corrected chi connectivity index (χ1v) is 9.06. The summed E-state index contributed by atoms with van der Waals surface area (Å²) in [6.07, 6.45) is 13.6. The second-order valence-corrected chi connectivity index (χ2v) is 6.64. The van der Waals surface area contributed by atoms with E-state index in [9.17, 15) is 0 Å². The summed E-state index contributed by atoms with van der Waals surface area (Å²) >= 11 is 5.91. The molecule has 0 radical (unpaired) electrons. The van der Waals surface area contributed by atoms with Crippen LogP contribution < -0.4 is 0 Å². The van der Waals surface area contributed by atoms with E-state index in [0.29, 0.717) is 0 Å². The lowest BCUT2D eigenvalue weighted by molar-refractivity contribution is 0.259. The van der Waals surface area contributed by atoms with Crippen LogP contribution in [-0.4, -0.2) is 29.6 Å². The van der Waals surface area contributed by atoms with Gasteiger partial charge in [-0.1, -0.05) is 56.3 Å². The minimum atomic E-state index is 0. The molecule has 2 nitrogen and oxygen atoms in total. The predicted molar refractivity (Wildman–Crippen MR) is 106 cm³/mol. The fraction of sp³-hybridized carbons (Fsp3) is 0.579. The number of rotatable bonds is 10. The standard InChI is InChI=1S/C19H29ClN2.BrH/c1-2-3-4-5-6-13-21-15-16-22(17-21)14-7-8-18-9-11-19(20)12-10-18;/h9-12,15-16H,2-8,13-14,17H2,1H3;1H. The molecule has 0 atom stereocenters. The van der Waals surface area contributed by atoms with Crippen LogP contribution in [0.4, 0.5) is 0 Å². The molecule has 0 amide bonds. The number of nitrogens with zero attached hydrogens (tertiary/aromatic N) is 2. The molecule has 1 aliphatic rings. The van der Waals surface area contributed by atoms with E-state index in [-0.39, 0.29) is 17.0 Å². The molecular weight excluding hydrogens is 372 g/mol. The van der Waals surface area contributed by atoms with E-state index < -0.39 is 0 Å². The lowest BCUT2D eigenvalue weighted by atomic mass is 10.1. The van der Waals surface area contributed by atoms with Crippen molar-refractivity contribution in [1.82, 2.24) is 9.80 Å². The second kappa shape index (κ2) is 11.8. The van der Waals surface area contributed by atoms with E-state index in [1.54, 1.807) is 0 Å². The zero-order chi connectivity index (χ0) is 15.6. The first-order chi connectivity index (χ1) is 10.8. The van der Waals surface area contributed by atoms with Gasteiger partial charge >= 0.3 is 0 Å². The van der Waals surface area contributed by atoms with Gasteiger partial charge in [-0.05, 0) is 37.0 Å². The molecule has 1 aromatic carbocycles. The molecule has 1 aliphatic heterocycles. The van der Waals surface area contributed by atoms with Crippen molar-refractivity contribution < 1.29 is 0 Å². The summed E-state index contributed by atoms with van der Waals surface area (Å²) in [5.74, 6) is 0. The van der Waals surface area contributed by atoms with E-state index in [1.165, 1.54) is 50.6 Å². The molecule has 0 bridgehead atoms. The average molecular weight is 402 g/mol. The molecule has 4 heteroatoms. The van der Waals surface area contributed by atoms with E-state index >= 15 is 0 Å². The third-order valence-electron chi connectivity index (χ3n) is 4.22. The number of hydrogen-bond donors (Lipinski definition) is 0. The maximum absolute atomic E-state index is 5.91. The number of hydrogen-bond acceptors (Lipinski definition) is 2. The highest BCUT2D eigenvalue weighted by atomic mass is 79.9. The maximum atomic E-state index is 5.91. The van der Waals surface area contributed by atoms with E-state index in [2.05, 4.69) is 41.3 Å². The van der Waals surface area contributed by atoms with Crippen LogP contribution in [0.15, 0.2) is 36.7 Å². The topological polar surface area (TPSA) is 6.48 Å². The number of aryl methyl sites for hydroxylation is 1. The highest BCUT2D eigenvalue weighted by Gasteiger charge is 2.11. The summed E-state index contributed by atoms with van der Waals surface area (Å²) in [6.45, 7) is 5.67. The summed E-state index contributed by atoms with van der Waals surface area (Å²) in [4.78, 5) is 4.86. The molecule has 0 fully saturated rings. The van der Waals surface area contributed by atoms with Crippen LogP contribution >= 0.6 is 28.6 Å². The zero-order valence-corrected chi connectivity index (χ0v) is 16.7. The first kappa shape index (κ1) is 20.4. The minimum absolute atomic E-state index is 0. The van der Waals surface area contributed by atoms with Gasteiger partial charge in [0, 0.05) is 30.5 Å². The zero-order valence-electron chi connectivity index (χ0n) is 14.2. The number of halogens is 2. The van der Waals surface area contributed by atoms with Crippen molar-refractivity contribution in [3.8, 4) is 0 Å². The fourth-order valence-electron chi connectivity index (χ4n) is 2.86. The van der Waals surface area contributed by atoms with Crippen molar-refractivity contribution in [1.29, 1.82) is 0 Å². The van der Waals surface area contributed by atoms with Crippen LogP contribution in [0.1, 0.15) is 51.0 Å². The molecule has 23 heavy (non-hydrogen) atoms. The van der Waals surface area contributed by atoms with Gasteiger partial charge < -0.3 is 9.80 Å². The average Bonchev–Trinajstić information content (AvgIpc) is 2.97. The van der Waals surface area contributed by atoms with Gasteiger partial charge in [0.05, 0.1) is 6.67 Å². The quantitative estimate of drug-likeness (QED) is 0.452. The van der Waals surface area contributed by atoms with Crippen molar-refractivity contribution in [2.75, 3.05) is 19.8 Å². The van der Waals surface area contributed by atoms with Crippen molar-refractivity contribution in [3.05, 3.63) is 47.3 Å². The SMILES string of the molecule is Br.CCCCCCCN1C=CN(CCCc2ccc(Cl)cc2)C1. The van der Waals surface area contributed by atoms with Crippen molar-refractivity contribution >= 4 is 28.6 Å². The smallest absolute Gasteiger partial charge is 0.0893 e. The molecule has 0 N–H and O–H groups in total. The van der Waals surface area contributed by atoms with E-state index in [0.717, 1.165) is 24.7 Å². The molecule has 0 spiro atoms. The molecule has 2 rings (SSSR count). The third kappa shape index (κ3) is 8.12. The van der Waals surface area contributed by atoms with Crippen LogP contribution in [0.5, 0.6) is 0 Å². The van der Waals surface area contributed by atoms with Crippen LogP contribution in [0.3, 0.4) is 0 Å². The summed E-state index contributed by atoms with van der Waals surface area (Å²) in [6, 6.07) is 8.22. The van der Waals surface area contributed by atoms with Crippen molar-refractivity contribution in [2.24, 2.45) is 0 Å². The number of unbranched alkanes of at least 4 members (excludes halogenated alkanes) is 4. The van der Waals surface area contributed by atoms with Crippen LogP contribution in [0, 0.1) is 0 Å². The Labute approximate surface area is 157 Å². The molecular formula is C19H30BrClN2. The molecule has 130 valence electrons. The highest BCUT2D eigenvalue weighted by molar-refractivity contribution is 8.93. The molecule has 0 saturated carbocycles. The summed E-state index contributed by atoms with van der Waals surface area (Å²) in [5.41, 5.74) is 1.38. The highest BCUT2D eigenvalue weighted by Crippen LogP contribution is 2.13. The monoisotopic (exact) mass is 400 g/mol. The third-order valence-corrected chi connectivity index (χ3v) is 4.48. The van der Waals surface area contributed by atoms with Crippen LogP contribution in [0.25, 0.3) is 0 Å². The molecule has 0 aromatic heterocycles. The van der Waals surface area contributed by atoms with Gasteiger partial charge in [-0.25, -0.2) is 0 Å².